The minimum Gasteiger partial charge on any atom is -0.504 e. The van der Waals surface area contributed by atoms with Crippen molar-refractivity contribution in [3.8, 4) is 11.5 Å². The normalized spacial score (nSPS) is 12.9. The molecule has 0 heterocycles. The molecule has 1 aliphatic carbocycles. The van der Waals surface area contributed by atoms with Crippen LogP contribution in [0.3, 0.4) is 0 Å². The lowest BCUT2D eigenvalue weighted by atomic mass is 10.2. The van der Waals surface area contributed by atoms with E-state index in [0.29, 0.717) is 30.2 Å². The van der Waals surface area contributed by atoms with Gasteiger partial charge in [0.2, 0.25) is 0 Å². The number of carbonyl (C=O) groups is 2. The molecule has 154 valence electrons. The molecule has 2 N–H and O–H groups in total. The van der Waals surface area contributed by atoms with Gasteiger partial charge in [-0.2, -0.15) is 0 Å². The van der Waals surface area contributed by atoms with Gasteiger partial charge in [-0.3, -0.25) is 0 Å². The van der Waals surface area contributed by atoms with E-state index in [-0.39, 0.29) is 23.8 Å². The molecule has 7 heteroatoms. The van der Waals surface area contributed by atoms with Crippen LogP contribution in [-0.4, -0.2) is 41.8 Å². The summed E-state index contributed by atoms with van der Waals surface area (Å²) in [6.07, 6.45) is 2.69. The molecule has 7 nitrogen and oxygen atoms in total. The second-order valence-corrected chi connectivity index (χ2v) is 7.01. The molecule has 0 saturated heterocycles. The van der Waals surface area contributed by atoms with Gasteiger partial charge < -0.3 is 24.8 Å². The minimum absolute atomic E-state index is 0.0660. The maximum atomic E-state index is 12.8. The molecule has 29 heavy (non-hydrogen) atoms. The van der Waals surface area contributed by atoms with E-state index in [2.05, 4.69) is 5.32 Å². The number of hydrogen-bond donors (Lipinski definition) is 2. The summed E-state index contributed by atoms with van der Waals surface area (Å²) in [6.45, 7) is 2.73. The summed E-state index contributed by atoms with van der Waals surface area (Å²) in [5.41, 5.74) is 1.93. The topological polar surface area (TPSA) is 88.1 Å². The predicted molar refractivity (Wildman–Crippen MR) is 109 cm³/mol. The summed E-state index contributed by atoms with van der Waals surface area (Å²) in [7, 11) is 1.49. The van der Waals surface area contributed by atoms with Crippen molar-refractivity contribution in [3.63, 3.8) is 0 Å². The summed E-state index contributed by atoms with van der Waals surface area (Å²) in [4.78, 5) is 26.5. The van der Waals surface area contributed by atoms with Gasteiger partial charge >= 0.3 is 12.0 Å². The summed E-state index contributed by atoms with van der Waals surface area (Å²) >= 11 is 0. The number of hydrogen-bond acceptors (Lipinski definition) is 5. The lowest BCUT2D eigenvalue weighted by molar-refractivity contribution is 0.0505. The van der Waals surface area contributed by atoms with Crippen LogP contribution in [0.1, 0.15) is 42.1 Å². The van der Waals surface area contributed by atoms with E-state index in [1.165, 1.54) is 7.11 Å². The Bertz CT molecular complexity index is 862. The fourth-order valence-corrected chi connectivity index (χ4v) is 2.93. The number of esters is 1. The van der Waals surface area contributed by atoms with Gasteiger partial charge in [-0.25, -0.2) is 9.59 Å². The molecule has 0 aromatic heterocycles. The molecule has 3 rings (SSSR count). The largest absolute Gasteiger partial charge is 0.504 e. The number of phenolic OH excluding ortho intramolecular Hbond substituents is 1. The molecule has 1 fully saturated rings. The first-order valence-corrected chi connectivity index (χ1v) is 9.72. The van der Waals surface area contributed by atoms with Gasteiger partial charge in [-0.15, -0.1) is 0 Å². The number of anilines is 1. The van der Waals surface area contributed by atoms with Crippen molar-refractivity contribution in [2.75, 3.05) is 19.0 Å². The zero-order valence-corrected chi connectivity index (χ0v) is 16.7. The third-order valence-electron chi connectivity index (χ3n) is 4.65. The molecule has 0 bridgehead atoms. The number of rotatable bonds is 8. The summed E-state index contributed by atoms with van der Waals surface area (Å²) in [5, 5.41) is 12.6. The van der Waals surface area contributed by atoms with Gasteiger partial charge in [0.1, 0.15) is 0 Å². The first-order valence-electron chi connectivity index (χ1n) is 9.72. The van der Waals surface area contributed by atoms with E-state index in [1.54, 1.807) is 47.4 Å². The Morgan fingerprint density at radius 3 is 2.52 bits per heavy atom. The molecule has 0 spiro atoms. The number of methoxy groups -OCH3 is 1. The van der Waals surface area contributed by atoms with E-state index in [9.17, 15) is 14.7 Å². The number of phenols is 1. The summed E-state index contributed by atoms with van der Waals surface area (Å²) in [5.74, 6) is 0.0750. The van der Waals surface area contributed by atoms with E-state index >= 15 is 0 Å². The number of nitrogens with zero attached hydrogens (tertiary/aromatic N) is 1. The maximum Gasteiger partial charge on any atom is 0.338 e. The third-order valence-corrected chi connectivity index (χ3v) is 4.65. The maximum absolute atomic E-state index is 12.8. The second kappa shape index (κ2) is 9.32. The molecule has 0 atom stereocenters. The molecule has 0 radical (unpaired) electrons. The van der Waals surface area contributed by atoms with Crippen LogP contribution in [0.5, 0.6) is 11.5 Å². The molecule has 0 aliphatic heterocycles. The molecule has 0 unspecified atom stereocenters. The number of nitrogens with one attached hydrogen (secondary N) is 1. The Kier molecular flexibility index (Phi) is 6.59. The van der Waals surface area contributed by atoms with Crippen LogP contribution in [0, 0.1) is 0 Å². The standard InChI is InChI=1S/C22H26N2O5/c1-3-12-29-21(26)16-5-7-17(8-6-16)23-22(27)24(18-9-10-18)14-15-4-11-19(25)20(13-15)28-2/h4-8,11,13,18,25H,3,9-10,12,14H2,1-2H3,(H,23,27). The third kappa shape index (κ3) is 5.40. The Morgan fingerprint density at radius 1 is 1.17 bits per heavy atom. The van der Waals surface area contributed by atoms with Crippen LogP contribution in [0.2, 0.25) is 0 Å². The van der Waals surface area contributed by atoms with E-state index in [1.807, 2.05) is 6.92 Å². The Labute approximate surface area is 170 Å². The van der Waals surface area contributed by atoms with Crippen LogP contribution in [0.15, 0.2) is 42.5 Å². The number of amides is 2. The molecule has 2 aromatic rings. The molecule has 1 saturated carbocycles. The Morgan fingerprint density at radius 2 is 1.90 bits per heavy atom. The average Bonchev–Trinajstić information content (AvgIpc) is 3.56. The molecule has 2 amide bonds. The van der Waals surface area contributed by atoms with E-state index < -0.39 is 0 Å². The lowest BCUT2D eigenvalue weighted by Crippen LogP contribution is -2.36. The van der Waals surface area contributed by atoms with Gasteiger partial charge in [0, 0.05) is 18.3 Å². The zero-order chi connectivity index (χ0) is 20.8. The Hall–Kier alpha value is -3.22. The first kappa shape index (κ1) is 20.5. The second-order valence-electron chi connectivity index (χ2n) is 7.01. The van der Waals surface area contributed by atoms with Crippen molar-refractivity contribution in [1.29, 1.82) is 0 Å². The highest BCUT2D eigenvalue weighted by Crippen LogP contribution is 2.31. The molecule has 2 aromatic carbocycles. The molecular weight excluding hydrogens is 372 g/mol. The van der Waals surface area contributed by atoms with Crippen LogP contribution in [0.4, 0.5) is 10.5 Å². The van der Waals surface area contributed by atoms with Gasteiger partial charge in [0.25, 0.3) is 0 Å². The van der Waals surface area contributed by atoms with Crippen LogP contribution >= 0.6 is 0 Å². The SMILES string of the molecule is CCCOC(=O)c1ccc(NC(=O)N(Cc2ccc(O)c(OC)c2)C2CC2)cc1. The fourth-order valence-electron chi connectivity index (χ4n) is 2.93. The van der Waals surface area contributed by atoms with Gasteiger partial charge in [0.15, 0.2) is 11.5 Å². The van der Waals surface area contributed by atoms with Crippen molar-refractivity contribution >= 4 is 17.7 Å². The number of benzene rings is 2. The molecular formula is C22H26N2O5. The number of ether oxygens (including phenoxy) is 2. The average molecular weight is 398 g/mol. The fraction of sp³-hybridized carbons (Fsp3) is 0.364. The summed E-state index contributed by atoms with van der Waals surface area (Å²) < 4.78 is 10.3. The van der Waals surface area contributed by atoms with Crippen molar-refractivity contribution in [3.05, 3.63) is 53.6 Å². The lowest BCUT2D eigenvalue weighted by Gasteiger charge is -2.23. The highest BCUT2D eigenvalue weighted by molar-refractivity contribution is 5.92. The van der Waals surface area contributed by atoms with Crippen LogP contribution < -0.4 is 10.1 Å². The predicted octanol–water partition coefficient (Wildman–Crippen LogP) is 4.16. The minimum atomic E-state index is -0.370. The monoisotopic (exact) mass is 398 g/mol. The van der Waals surface area contributed by atoms with Crippen molar-refractivity contribution in [2.24, 2.45) is 0 Å². The van der Waals surface area contributed by atoms with Gasteiger partial charge in [-0.05, 0) is 61.2 Å². The number of aromatic hydroxyl groups is 1. The highest BCUT2D eigenvalue weighted by atomic mass is 16.5. The van der Waals surface area contributed by atoms with Crippen molar-refractivity contribution in [2.45, 2.75) is 38.8 Å². The van der Waals surface area contributed by atoms with Crippen molar-refractivity contribution < 1.29 is 24.2 Å². The summed E-state index contributed by atoms with van der Waals surface area (Å²) in [6, 6.07) is 11.7. The van der Waals surface area contributed by atoms with Gasteiger partial charge in [0.05, 0.1) is 19.3 Å². The van der Waals surface area contributed by atoms with E-state index in [4.69, 9.17) is 9.47 Å². The van der Waals surface area contributed by atoms with Crippen molar-refractivity contribution in [1.82, 2.24) is 4.90 Å². The number of carbonyl (C=O) groups excluding carboxylic acids is 2. The number of urea groups is 1. The zero-order valence-electron chi connectivity index (χ0n) is 16.7. The van der Waals surface area contributed by atoms with Crippen LogP contribution in [0.25, 0.3) is 0 Å². The first-order chi connectivity index (χ1) is 14.0. The van der Waals surface area contributed by atoms with E-state index in [0.717, 1.165) is 24.8 Å². The Balaban J connectivity index is 1.65. The quantitative estimate of drug-likeness (QED) is 0.652. The van der Waals surface area contributed by atoms with Gasteiger partial charge in [-0.1, -0.05) is 13.0 Å². The smallest absolute Gasteiger partial charge is 0.338 e. The highest BCUT2D eigenvalue weighted by Gasteiger charge is 2.32. The molecule has 1 aliphatic rings. The van der Waals surface area contributed by atoms with Crippen LogP contribution in [-0.2, 0) is 11.3 Å².